The van der Waals surface area contributed by atoms with Gasteiger partial charge in [0.15, 0.2) is 0 Å². The van der Waals surface area contributed by atoms with Crippen LogP contribution in [0, 0.1) is 165 Å². The molecule has 5 fully saturated rings. The number of benzene rings is 1. The summed E-state index contributed by atoms with van der Waals surface area (Å²) in [4.78, 5) is 0. The first-order chi connectivity index (χ1) is 23.3. The molecule has 21 unspecified atom stereocenters. The van der Waals surface area contributed by atoms with Gasteiger partial charge in [0, 0.05) is 0 Å². The van der Waals surface area contributed by atoms with E-state index < -0.39 is 0 Å². The molecule has 5 saturated carbocycles. The van der Waals surface area contributed by atoms with Crippen molar-refractivity contribution in [1.82, 2.24) is 0 Å². The predicted molar refractivity (Wildman–Crippen MR) is 218 cm³/mol. The van der Waals surface area contributed by atoms with E-state index in [2.05, 4.69) is 132 Å². The Hall–Kier alpha value is -0.780. The molecular weight excluding hydrogens is 601 g/mol. The molecular formula is C50H84. The zero-order valence-electron chi connectivity index (χ0n) is 36.7. The molecule has 6 rings (SSSR count). The molecule has 0 saturated heterocycles. The Balaban J connectivity index is 1.36. The smallest absolute Gasteiger partial charge is 0.00943 e. The van der Waals surface area contributed by atoms with Gasteiger partial charge in [0.1, 0.15) is 0 Å². The summed E-state index contributed by atoms with van der Waals surface area (Å²) in [6.07, 6.45) is 3.01. The van der Waals surface area contributed by atoms with Crippen LogP contribution >= 0.6 is 0 Å². The molecule has 0 spiro atoms. The van der Waals surface area contributed by atoms with Crippen molar-refractivity contribution in [2.24, 2.45) is 130 Å². The van der Waals surface area contributed by atoms with Crippen LogP contribution in [0.15, 0.2) is 0 Å². The summed E-state index contributed by atoms with van der Waals surface area (Å²) in [5.74, 6) is 19.4. The van der Waals surface area contributed by atoms with Gasteiger partial charge in [-0.3, -0.25) is 0 Å². The van der Waals surface area contributed by atoms with E-state index in [-0.39, 0.29) is 0 Å². The average molecular weight is 685 g/mol. The summed E-state index contributed by atoms with van der Waals surface area (Å²) < 4.78 is 0. The highest BCUT2D eigenvalue weighted by Crippen LogP contribution is 2.68. The number of fused-ring (bicyclic) bond motifs is 2. The van der Waals surface area contributed by atoms with E-state index in [1.807, 2.05) is 0 Å². The van der Waals surface area contributed by atoms with Crippen LogP contribution in [0.3, 0.4) is 0 Å². The van der Waals surface area contributed by atoms with Crippen LogP contribution in [0.1, 0.15) is 149 Å². The molecule has 5 aliphatic rings. The lowest BCUT2D eigenvalue weighted by Gasteiger charge is -2.58. The maximum absolute atomic E-state index is 2.73. The molecule has 0 radical (unpaired) electrons. The lowest BCUT2D eigenvalue weighted by molar-refractivity contribution is -0.106. The first-order valence-electron chi connectivity index (χ1n) is 22.3. The monoisotopic (exact) mass is 685 g/mol. The molecule has 5 aliphatic carbocycles. The Morgan fingerprint density at radius 3 is 1.26 bits per heavy atom. The fourth-order valence-electron chi connectivity index (χ4n) is 16.4. The van der Waals surface area contributed by atoms with Gasteiger partial charge in [-0.05, 0) is 217 Å². The van der Waals surface area contributed by atoms with E-state index in [1.54, 1.807) is 27.8 Å². The van der Waals surface area contributed by atoms with E-state index in [0.717, 1.165) is 130 Å². The molecule has 50 heavy (non-hydrogen) atoms. The highest BCUT2D eigenvalue weighted by Gasteiger charge is 2.61. The van der Waals surface area contributed by atoms with Gasteiger partial charge in [-0.25, -0.2) is 0 Å². The average Bonchev–Trinajstić information content (AvgIpc) is 3.53. The SMILES string of the molecule is Cc1c(C)c(C)c(C2C(C)C(C)C(C)C3C(CC4CC(C)C5C4C(C)C(C)C(C)C5C4C(C)C(C)C(C)C(C)C4C)C(C)C(C)C23)c(C)c1C. The third-order valence-corrected chi connectivity index (χ3v) is 20.9. The van der Waals surface area contributed by atoms with Gasteiger partial charge in [0.25, 0.3) is 0 Å². The van der Waals surface area contributed by atoms with Crippen LogP contribution in [0.25, 0.3) is 0 Å². The Kier molecular flexibility index (Phi) is 10.8. The third kappa shape index (κ3) is 5.52. The summed E-state index contributed by atoms with van der Waals surface area (Å²) in [5.41, 5.74) is 9.65. The second-order valence-corrected chi connectivity index (χ2v) is 21.6. The van der Waals surface area contributed by atoms with E-state index in [4.69, 9.17) is 0 Å². The predicted octanol–water partition coefficient (Wildman–Crippen LogP) is 14.0. The number of rotatable bonds is 4. The normalized spacial score (nSPS) is 53.7. The maximum Gasteiger partial charge on any atom is -0.00943 e. The highest BCUT2D eigenvalue weighted by atomic mass is 14.7. The largest absolute Gasteiger partial charge is 0.0622 e. The van der Waals surface area contributed by atoms with Crippen molar-refractivity contribution < 1.29 is 0 Å². The first kappa shape index (κ1) is 38.9. The van der Waals surface area contributed by atoms with Crippen molar-refractivity contribution in [1.29, 1.82) is 0 Å². The van der Waals surface area contributed by atoms with Gasteiger partial charge < -0.3 is 0 Å². The number of hydrogen-bond donors (Lipinski definition) is 0. The van der Waals surface area contributed by atoms with Crippen molar-refractivity contribution in [2.75, 3.05) is 0 Å². The molecule has 0 heterocycles. The molecule has 0 N–H and O–H groups in total. The minimum atomic E-state index is 0.696. The lowest BCUT2D eigenvalue weighted by Crippen LogP contribution is -2.53. The number of hydrogen-bond acceptors (Lipinski definition) is 0. The molecule has 0 heteroatoms. The fraction of sp³-hybridized carbons (Fsp3) is 0.880. The van der Waals surface area contributed by atoms with Gasteiger partial charge in [-0.2, -0.15) is 0 Å². The van der Waals surface area contributed by atoms with Gasteiger partial charge in [0.2, 0.25) is 0 Å². The first-order valence-corrected chi connectivity index (χ1v) is 22.3. The van der Waals surface area contributed by atoms with Gasteiger partial charge in [-0.1, -0.05) is 96.9 Å². The minimum Gasteiger partial charge on any atom is -0.0622 e. The van der Waals surface area contributed by atoms with Gasteiger partial charge in [0.05, 0.1) is 0 Å². The molecule has 0 nitrogen and oxygen atoms in total. The van der Waals surface area contributed by atoms with E-state index in [9.17, 15) is 0 Å². The zero-order valence-corrected chi connectivity index (χ0v) is 36.7. The lowest BCUT2D eigenvalue weighted by atomic mass is 9.47. The van der Waals surface area contributed by atoms with Crippen LogP contribution in [0.2, 0.25) is 0 Å². The van der Waals surface area contributed by atoms with E-state index >= 15 is 0 Å². The van der Waals surface area contributed by atoms with E-state index in [1.165, 1.54) is 18.4 Å². The summed E-state index contributed by atoms with van der Waals surface area (Å²) in [6, 6.07) is 0. The second kappa shape index (κ2) is 13.8. The quantitative estimate of drug-likeness (QED) is 0.296. The molecule has 0 aromatic heterocycles. The van der Waals surface area contributed by atoms with Crippen LogP contribution in [0.4, 0.5) is 0 Å². The highest BCUT2D eigenvalue weighted by molar-refractivity contribution is 5.51. The standard InChI is InChI=1S/C50H84/c1-22-20-41(46-36(15)29(8)38(17)48(43(22)46)44-32(11)25(4)23(2)26(5)33(44)12)21-42-31(10)40(19)50-47(42)37(16)30(9)39(18)49(50)45-34(13)27(6)24(3)28(7)35(45)14/h22-23,25-26,29-33,36-44,46-50H,20-21H2,1-19H3. The molecule has 1 aromatic carbocycles. The molecule has 284 valence electrons. The molecule has 0 aliphatic heterocycles. The van der Waals surface area contributed by atoms with Gasteiger partial charge >= 0.3 is 0 Å². The summed E-state index contributed by atoms with van der Waals surface area (Å²) in [7, 11) is 0. The third-order valence-electron chi connectivity index (χ3n) is 20.9. The Morgan fingerprint density at radius 1 is 0.340 bits per heavy atom. The topological polar surface area (TPSA) is 0 Å². The van der Waals surface area contributed by atoms with Crippen LogP contribution in [-0.2, 0) is 0 Å². The maximum atomic E-state index is 2.73. The summed E-state index contributed by atoms with van der Waals surface area (Å²) in [5, 5.41) is 0. The van der Waals surface area contributed by atoms with Crippen molar-refractivity contribution >= 4 is 0 Å². The summed E-state index contributed by atoms with van der Waals surface area (Å²) in [6.45, 7) is 49.6. The van der Waals surface area contributed by atoms with E-state index in [0.29, 0.717) is 5.92 Å². The molecule has 1 aromatic rings. The Morgan fingerprint density at radius 2 is 0.720 bits per heavy atom. The van der Waals surface area contributed by atoms with Gasteiger partial charge in [-0.15, -0.1) is 0 Å². The zero-order chi connectivity index (χ0) is 37.2. The van der Waals surface area contributed by atoms with Crippen LogP contribution in [-0.4, -0.2) is 0 Å². The van der Waals surface area contributed by atoms with Crippen LogP contribution < -0.4 is 0 Å². The van der Waals surface area contributed by atoms with Crippen LogP contribution in [0.5, 0.6) is 0 Å². The molecule has 0 bridgehead atoms. The van der Waals surface area contributed by atoms with Crippen molar-refractivity contribution in [3.05, 3.63) is 33.4 Å². The van der Waals surface area contributed by atoms with Crippen molar-refractivity contribution in [2.45, 2.75) is 150 Å². The Labute approximate surface area is 312 Å². The molecule has 21 atom stereocenters. The minimum absolute atomic E-state index is 0.696. The van der Waals surface area contributed by atoms with Crippen molar-refractivity contribution in [3.8, 4) is 0 Å². The summed E-state index contributed by atoms with van der Waals surface area (Å²) >= 11 is 0. The molecule has 0 amide bonds. The Bertz CT molecular complexity index is 1340. The second-order valence-electron chi connectivity index (χ2n) is 21.6. The van der Waals surface area contributed by atoms with Crippen molar-refractivity contribution in [3.63, 3.8) is 0 Å². The fourth-order valence-corrected chi connectivity index (χ4v) is 16.4.